The number of morpholine rings is 1. The van der Waals surface area contributed by atoms with Crippen LogP contribution in [0.25, 0.3) is 0 Å². The van der Waals surface area contributed by atoms with Gasteiger partial charge in [-0.2, -0.15) is 0 Å². The molecule has 1 aliphatic rings. The highest BCUT2D eigenvalue weighted by Gasteiger charge is 2.15. The Balaban J connectivity index is 1.63. The first kappa shape index (κ1) is 17.1. The Morgan fingerprint density at radius 1 is 1.12 bits per heavy atom. The Morgan fingerprint density at radius 3 is 2.64 bits per heavy atom. The number of methoxy groups -OCH3 is 1. The van der Waals surface area contributed by atoms with Gasteiger partial charge in [0.2, 0.25) is 0 Å². The molecular formula is C19H23N3O3. The van der Waals surface area contributed by atoms with Gasteiger partial charge in [0, 0.05) is 25.2 Å². The van der Waals surface area contributed by atoms with Crippen LogP contribution < -0.4 is 20.3 Å². The van der Waals surface area contributed by atoms with E-state index in [1.165, 1.54) is 0 Å². The Hall–Kier alpha value is -2.73. The molecule has 0 atom stereocenters. The van der Waals surface area contributed by atoms with Gasteiger partial charge in [-0.15, -0.1) is 0 Å². The molecule has 6 nitrogen and oxygen atoms in total. The zero-order valence-electron chi connectivity index (χ0n) is 14.3. The standard InChI is InChI=1S/C19H23N3O3/c1-24-18-9-5-2-6-15(18)14-20-19(23)21-16-7-3-4-8-17(16)22-10-12-25-13-11-22/h2-9H,10-14H2,1H3,(H2,20,21,23). The minimum absolute atomic E-state index is 0.244. The normalized spacial score (nSPS) is 14.0. The van der Waals surface area contributed by atoms with Crippen molar-refractivity contribution < 1.29 is 14.3 Å². The summed E-state index contributed by atoms with van der Waals surface area (Å²) in [5.74, 6) is 0.761. The van der Waals surface area contributed by atoms with Crippen LogP contribution in [0.3, 0.4) is 0 Å². The third-order valence-corrected chi connectivity index (χ3v) is 4.14. The molecule has 25 heavy (non-hydrogen) atoms. The maximum Gasteiger partial charge on any atom is 0.319 e. The molecule has 0 unspecified atom stereocenters. The molecule has 0 aromatic heterocycles. The first-order valence-corrected chi connectivity index (χ1v) is 8.36. The first-order valence-electron chi connectivity index (χ1n) is 8.36. The molecule has 6 heteroatoms. The zero-order valence-corrected chi connectivity index (χ0v) is 14.3. The van der Waals surface area contributed by atoms with E-state index in [0.717, 1.165) is 35.8 Å². The molecule has 1 aliphatic heterocycles. The van der Waals surface area contributed by atoms with Crippen molar-refractivity contribution in [3.63, 3.8) is 0 Å². The van der Waals surface area contributed by atoms with Crippen LogP contribution in [0.5, 0.6) is 5.75 Å². The quantitative estimate of drug-likeness (QED) is 0.878. The van der Waals surface area contributed by atoms with E-state index < -0.39 is 0 Å². The van der Waals surface area contributed by atoms with Crippen molar-refractivity contribution in [2.24, 2.45) is 0 Å². The number of hydrogen-bond donors (Lipinski definition) is 2. The van der Waals surface area contributed by atoms with Crippen molar-refractivity contribution in [2.45, 2.75) is 6.54 Å². The predicted molar refractivity (Wildman–Crippen MR) is 98.3 cm³/mol. The summed E-state index contributed by atoms with van der Waals surface area (Å²) in [5.41, 5.74) is 2.74. The molecule has 132 valence electrons. The molecular weight excluding hydrogens is 318 g/mol. The van der Waals surface area contributed by atoms with Crippen LogP contribution in [-0.2, 0) is 11.3 Å². The number of ether oxygens (including phenoxy) is 2. The van der Waals surface area contributed by atoms with Gasteiger partial charge in [-0.05, 0) is 18.2 Å². The number of carbonyl (C=O) groups is 1. The molecule has 0 saturated carbocycles. The van der Waals surface area contributed by atoms with E-state index in [1.807, 2.05) is 48.5 Å². The lowest BCUT2D eigenvalue weighted by Crippen LogP contribution is -2.37. The van der Waals surface area contributed by atoms with E-state index in [-0.39, 0.29) is 6.03 Å². The summed E-state index contributed by atoms with van der Waals surface area (Å²) in [4.78, 5) is 14.5. The van der Waals surface area contributed by atoms with Gasteiger partial charge in [0.15, 0.2) is 0 Å². The van der Waals surface area contributed by atoms with Crippen molar-refractivity contribution in [3.8, 4) is 5.75 Å². The average Bonchev–Trinajstić information content (AvgIpc) is 2.67. The third kappa shape index (κ3) is 4.42. The monoisotopic (exact) mass is 341 g/mol. The number of para-hydroxylation sites is 3. The van der Waals surface area contributed by atoms with Gasteiger partial charge in [-0.3, -0.25) is 0 Å². The van der Waals surface area contributed by atoms with Crippen molar-refractivity contribution in [1.29, 1.82) is 0 Å². The summed E-state index contributed by atoms with van der Waals surface area (Å²) in [6.45, 7) is 3.45. The van der Waals surface area contributed by atoms with E-state index in [1.54, 1.807) is 7.11 Å². The number of carbonyl (C=O) groups excluding carboxylic acids is 1. The smallest absolute Gasteiger partial charge is 0.319 e. The topological polar surface area (TPSA) is 62.8 Å². The Labute approximate surface area is 147 Å². The molecule has 0 aliphatic carbocycles. The van der Waals surface area contributed by atoms with Crippen LogP contribution in [0.2, 0.25) is 0 Å². The molecule has 1 heterocycles. The highest BCUT2D eigenvalue weighted by Crippen LogP contribution is 2.26. The summed E-state index contributed by atoms with van der Waals surface area (Å²) in [7, 11) is 1.62. The molecule has 3 rings (SSSR count). The molecule has 1 saturated heterocycles. The number of amides is 2. The van der Waals surface area contributed by atoms with Gasteiger partial charge in [-0.1, -0.05) is 30.3 Å². The summed E-state index contributed by atoms with van der Waals surface area (Å²) in [6.07, 6.45) is 0. The Kier molecular flexibility index (Phi) is 5.74. The predicted octanol–water partition coefficient (Wildman–Crippen LogP) is 2.85. The lowest BCUT2D eigenvalue weighted by atomic mass is 10.2. The number of urea groups is 1. The summed E-state index contributed by atoms with van der Waals surface area (Å²) in [5, 5.41) is 5.82. The van der Waals surface area contributed by atoms with Crippen LogP contribution in [0.15, 0.2) is 48.5 Å². The van der Waals surface area contributed by atoms with Crippen molar-refractivity contribution in [1.82, 2.24) is 5.32 Å². The molecule has 2 N–H and O–H groups in total. The molecule has 1 fully saturated rings. The van der Waals surface area contributed by atoms with Crippen molar-refractivity contribution in [2.75, 3.05) is 43.6 Å². The first-order chi connectivity index (χ1) is 12.3. The molecule has 2 aromatic carbocycles. The van der Waals surface area contributed by atoms with Gasteiger partial charge in [0.25, 0.3) is 0 Å². The van der Waals surface area contributed by atoms with Gasteiger partial charge in [-0.25, -0.2) is 4.79 Å². The van der Waals surface area contributed by atoms with E-state index in [0.29, 0.717) is 19.8 Å². The second kappa shape index (κ2) is 8.39. The lowest BCUT2D eigenvalue weighted by molar-refractivity contribution is 0.123. The maximum absolute atomic E-state index is 12.3. The molecule has 2 aromatic rings. The zero-order chi connectivity index (χ0) is 17.5. The second-order valence-corrected chi connectivity index (χ2v) is 5.74. The van der Waals surface area contributed by atoms with Gasteiger partial charge in [0.1, 0.15) is 5.75 Å². The molecule has 2 amide bonds. The highest BCUT2D eigenvalue weighted by molar-refractivity contribution is 5.93. The maximum atomic E-state index is 12.3. The van der Waals surface area contributed by atoms with Gasteiger partial charge in [0.05, 0.1) is 31.7 Å². The summed E-state index contributed by atoms with van der Waals surface area (Å²) in [6, 6.07) is 15.2. The van der Waals surface area contributed by atoms with E-state index >= 15 is 0 Å². The van der Waals surface area contributed by atoms with Crippen LogP contribution >= 0.6 is 0 Å². The summed E-state index contributed by atoms with van der Waals surface area (Å²) >= 11 is 0. The van der Waals surface area contributed by atoms with E-state index in [4.69, 9.17) is 9.47 Å². The largest absolute Gasteiger partial charge is 0.496 e. The minimum Gasteiger partial charge on any atom is -0.496 e. The fourth-order valence-corrected chi connectivity index (χ4v) is 2.85. The lowest BCUT2D eigenvalue weighted by Gasteiger charge is -2.30. The average molecular weight is 341 g/mol. The van der Waals surface area contributed by atoms with Crippen molar-refractivity contribution in [3.05, 3.63) is 54.1 Å². The number of rotatable bonds is 5. The van der Waals surface area contributed by atoms with Crippen LogP contribution in [0.1, 0.15) is 5.56 Å². The number of nitrogens with one attached hydrogen (secondary N) is 2. The number of nitrogens with zero attached hydrogens (tertiary/aromatic N) is 1. The highest BCUT2D eigenvalue weighted by atomic mass is 16.5. The second-order valence-electron chi connectivity index (χ2n) is 5.74. The third-order valence-electron chi connectivity index (χ3n) is 4.14. The van der Waals surface area contributed by atoms with Crippen LogP contribution in [0, 0.1) is 0 Å². The molecule has 0 radical (unpaired) electrons. The fourth-order valence-electron chi connectivity index (χ4n) is 2.85. The minimum atomic E-state index is -0.244. The SMILES string of the molecule is COc1ccccc1CNC(=O)Nc1ccccc1N1CCOCC1. The Morgan fingerprint density at radius 2 is 1.84 bits per heavy atom. The molecule has 0 spiro atoms. The number of benzene rings is 2. The molecule has 0 bridgehead atoms. The Bertz CT molecular complexity index is 715. The fraction of sp³-hybridized carbons (Fsp3) is 0.316. The van der Waals surface area contributed by atoms with Crippen LogP contribution in [-0.4, -0.2) is 39.4 Å². The number of anilines is 2. The van der Waals surface area contributed by atoms with Gasteiger partial charge < -0.3 is 25.0 Å². The number of hydrogen-bond acceptors (Lipinski definition) is 4. The van der Waals surface area contributed by atoms with Crippen LogP contribution in [0.4, 0.5) is 16.2 Å². The van der Waals surface area contributed by atoms with Crippen molar-refractivity contribution >= 4 is 17.4 Å². The summed E-state index contributed by atoms with van der Waals surface area (Å²) < 4.78 is 10.7. The van der Waals surface area contributed by atoms with E-state index in [2.05, 4.69) is 15.5 Å². The van der Waals surface area contributed by atoms with Gasteiger partial charge >= 0.3 is 6.03 Å². The van der Waals surface area contributed by atoms with E-state index in [9.17, 15) is 4.79 Å².